The molecule has 0 radical (unpaired) electrons. The standard InChI is InChI=1S/C18H22N2O2S/c1-22-14-6-4-13(5-7-14)16-9-8-15(23-16)12-20-17(21)18(19)10-2-3-11-18/h4-9H,2-3,10-12,19H2,1H3,(H,20,21). The molecule has 1 aromatic carbocycles. The number of hydrogen-bond donors (Lipinski definition) is 2. The third-order valence-corrected chi connectivity index (χ3v) is 5.54. The molecule has 1 aliphatic carbocycles. The van der Waals surface area contributed by atoms with Crippen molar-refractivity contribution in [2.45, 2.75) is 37.8 Å². The van der Waals surface area contributed by atoms with E-state index in [-0.39, 0.29) is 5.91 Å². The first kappa shape index (κ1) is 16.0. The predicted octanol–water partition coefficient (Wildman–Crippen LogP) is 3.31. The van der Waals surface area contributed by atoms with Gasteiger partial charge in [-0.3, -0.25) is 4.79 Å². The number of nitrogens with one attached hydrogen (secondary N) is 1. The minimum Gasteiger partial charge on any atom is -0.497 e. The SMILES string of the molecule is COc1ccc(-c2ccc(CNC(=O)C3(N)CCCC3)s2)cc1. The van der Waals surface area contributed by atoms with Crippen LogP contribution in [0, 0.1) is 0 Å². The molecule has 2 aromatic rings. The van der Waals surface area contributed by atoms with Crippen molar-refractivity contribution >= 4 is 17.2 Å². The Labute approximate surface area is 140 Å². The number of carbonyl (C=O) groups excluding carboxylic acids is 1. The van der Waals surface area contributed by atoms with E-state index in [4.69, 9.17) is 10.5 Å². The van der Waals surface area contributed by atoms with Crippen LogP contribution in [-0.2, 0) is 11.3 Å². The highest BCUT2D eigenvalue weighted by atomic mass is 32.1. The first-order chi connectivity index (χ1) is 11.1. The minimum absolute atomic E-state index is 0.0191. The molecule has 0 bridgehead atoms. The highest BCUT2D eigenvalue weighted by Gasteiger charge is 2.36. The van der Waals surface area contributed by atoms with E-state index < -0.39 is 5.54 Å². The van der Waals surface area contributed by atoms with Gasteiger partial charge in [-0.25, -0.2) is 0 Å². The molecule has 5 heteroatoms. The Kier molecular flexibility index (Phi) is 4.68. The largest absolute Gasteiger partial charge is 0.497 e. The molecule has 1 fully saturated rings. The fourth-order valence-corrected chi connectivity index (χ4v) is 3.91. The summed E-state index contributed by atoms with van der Waals surface area (Å²) < 4.78 is 5.18. The molecule has 1 heterocycles. The molecule has 1 aliphatic rings. The number of carbonyl (C=O) groups is 1. The van der Waals surface area contributed by atoms with Crippen LogP contribution in [0.4, 0.5) is 0 Å². The smallest absolute Gasteiger partial charge is 0.240 e. The molecular formula is C18H22N2O2S. The molecule has 0 unspecified atom stereocenters. The molecular weight excluding hydrogens is 308 g/mol. The van der Waals surface area contributed by atoms with Crippen LogP contribution < -0.4 is 15.8 Å². The normalized spacial score (nSPS) is 16.3. The maximum Gasteiger partial charge on any atom is 0.240 e. The van der Waals surface area contributed by atoms with Crippen LogP contribution in [0.1, 0.15) is 30.6 Å². The first-order valence-electron chi connectivity index (χ1n) is 7.91. The second-order valence-electron chi connectivity index (χ2n) is 6.04. The summed E-state index contributed by atoms with van der Waals surface area (Å²) >= 11 is 1.69. The summed E-state index contributed by atoms with van der Waals surface area (Å²) in [6, 6.07) is 12.1. The van der Waals surface area contributed by atoms with E-state index in [1.165, 1.54) is 4.88 Å². The van der Waals surface area contributed by atoms with Gasteiger partial charge in [-0.1, -0.05) is 12.8 Å². The van der Waals surface area contributed by atoms with E-state index in [9.17, 15) is 4.79 Å². The minimum atomic E-state index is -0.657. The molecule has 1 amide bonds. The Morgan fingerprint density at radius 2 is 1.91 bits per heavy atom. The Morgan fingerprint density at radius 3 is 2.57 bits per heavy atom. The van der Waals surface area contributed by atoms with Gasteiger partial charge in [0.2, 0.25) is 5.91 Å². The molecule has 1 aromatic heterocycles. The first-order valence-corrected chi connectivity index (χ1v) is 8.73. The highest BCUT2D eigenvalue weighted by molar-refractivity contribution is 7.15. The van der Waals surface area contributed by atoms with E-state index in [2.05, 4.69) is 17.4 Å². The summed E-state index contributed by atoms with van der Waals surface area (Å²) in [6.07, 6.45) is 3.68. The maximum atomic E-state index is 12.2. The highest BCUT2D eigenvalue weighted by Crippen LogP contribution is 2.30. The molecule has 0 aliphatic heterocycles. The number of nitrogens with two attached hydrogens (primary N) is 1. The van der Waals surface area contributed by atoms with Gasteiger partial charge in [0.1, 0.15) is 5.75 Å². The van der Waals surface area contributed by atoms with E-state index in [1.54, 1.807) is 18.4 Å². The second kappa shape index (κ2) is 6.72. The second-order valence-corrected chi connectivity index (χ2v) is 7.21. The van der Waals surface area contributed by atoms with Crippen molar-refractivity contribution in [1.29, 1.82) is 0 Å². The maximum absolute atomic E-state index is 12.2. The van der Waals surface area contributed by atoms with Crippen molar-refractivity contribution in [3.8, 4) is 16.2 Å². The Hall–Kier alpha value is -1.85. The van der Waals surface area contributed by atoms with Crippen molar-refractivity contribution in [1.82, 2.24) is 5.32 Å². The van der Waals surface area contributed by atoms with Crippen molar-refractivity contribution in [2.75, 3.05) is 7.11 Å². The zero-order valence-electron chi connectivity index (χ0n) is 13.3. The fraction of sp³-hybridized carbons (Fsp3) is 0.389. The van der Waals surface area contributed by atoms with Crippen LogP contribution in [0.25, 0.3) is 10.4 Å². The van der Waals surface area contributed by atoms with Crippen LogP contribution in [0.5, 0.6) is 5.75 Å². The number of hydrogen-bond acceptors (Lipinski definition) is 4. The van der Waals surface area contributed by atoms with E-state index in [0.29, 0.717) is 6.54 Å². The van der Waals surface area contributed by atoms with Crippen LogP contribution in [0.2, 0.25) is 0 Å². The lowest BCUT2D eigenvalue weighted by Crippen LogP contribution is -2.51. The van der Waals surface area contributed by atoms with E-state index in [0.717, 1.165) is 41.9 Å². The molecule has 0 saturated heterocycles. The predicted molar refractivity (Wildman–Crippen MR) is 93.5 cm³/mol. The van der Waals surface area contributed by atoms with Gasteiger partial charge in [0.05, 0.1) is 19.2 Å². The van der Waals surface area contributed by atoms with Gasteiger partial charge >= 0.3 is 0 Å². The lowest BCUT2D eigenvalue weighted by atomic mass is 9.98. The number of methoxy groups -OCH3 is 1. The lowest BCUT2D eigenvalue weighted by molar-refractivity contribution is -0.126. The molecule has 122 valence electrons. The third kappa shape index (κ3) is 3.57. The number of thiophene rings is 1. The van der Waals surface area contributed by atoms with Crippen LogP contribution in [0.3, 0.4) is 0 Å². The van der Waals surface area contributed by atoms with E-state index in [1.807, 2.05) is 24.3 Å². The molecule has 3 rings (SSSR count). The molecule has 0 spiro atoms. The lowest BCUT2D eigenvalue weighted by Gasteiger charge is -2.21. The quantitative estimate of drug-likeness (QED) is 0.884. The van der Waals surface area contributed by atoms with Crippen LogP contribution in [-0.4, -0.2) is 18.6 Å². The van der Waals surface area contributed by atoms with Gasteiger partial charge in [-0.15, -0.1) is 11.3 Å². The summed E-state index contributed by atoms with van der Waals surface area (Å²) in [5.74, 6) is 0.831. The van der Waals surface area contributed by atoms with Gasteiger partial charge in [-0.05, 0) is 54.8 Å². The summed E-state index contributed by atoms with van der Waals surface area (Å²) in [6.45, 7) is 0.540. The Balaban J connectivity index is 1.61. The van der Waals surface area contributed by atoms with Crippen molar-refractivity contribution in [3.05, 3.63) is 41.3 Å². The molecule has 1 saturated carbocycles. The van der Waals surface area contributed by atoms with Gasteiger partial charge in [0, 0.05) is 9.75 Å². The van der Waals surface area contributed by atoms with Gasteiger partial charge in [0.25, 0.3) is 0 Å². The summed E-state index contributed by atoms with van der Waals surface area (Å²) in [5, 5.41) is 2.99. The summed E-state index contributed by atoms with van der Waals surface area (Å²) in [7, 11) is 1.66. The van der Waals surface area contributed by atoms with Crippen LogP contribution in [0.15, 0.2) is 36.4 Å². The van der Waals surface area contributed by atoms with Gasteiger partial charge < -0.3 is 15.8 Å². The van der Waals surface area contributed by atoms with Crippen molar-refractivity contribution in [3.63, 3.8) is 0 Å². The average Bonchev–Trinajstić information content (AvgIpc) is 3.22. The fourth-order valence-electron chi connectivity index (χ4n) is 2.96. The molecule has 23 heavy (non-hydrogen) atoms. The summed E-state index contributed by atoms with van der Waals surface area (Å²) in [4.78, 5) is 14.6. The van der Waals surface area contributed by atoms with Gasteiger partial charge in [-0.2, -0.15) is 0 Å². The average molecular weight is 330 g/mol. The van der Waals surface area contributed by atoms with Crippen LogP contribution >= 0.6 is 11.3 Å². The topological polar surface area (TPSA) is 64.3 Å². The zero-order chi connectivity index (χ0) is 16.3. The number of rotatable bonds is 5. The van der Waals surface area contributed by atoms with Crippen molar-refractivity contribution in [2.24, 2.45) is 5.73 Å². The Morgan fingerprint density at radius 1 is 1.22 bits per heavy atom. The Bertz CT molecular complexity index is 673. The third-order valence-electron chi connectivity index (χ3n) is 4.41. The molecule has 4 nitrogen and oxygen atoms in total. The zero-order valence-corrected chi connectivity index (χ0v) is 14.1. The number of ether oxygens (including phenoxy) is 1. The molecule has 0 atom stereocenters. The van der Waals surface area contributed by atoms with E-state index >= 15 is 0 Å². The van der Waals surface area contributed by atoms with Gasteiger partial charge in [0.15, 0.2) is 0 Å². The molecule has 3 N–H and O–H groups in total. The summed E-state index contributed by atoms with van der Waals surface area (Å²) in [5.41, 5.74) is 6.67. The number of benzene rings is 1. The number of amides is 1. The van der Waals surface area contributed by atoms with Crippen molar-refractivity contribution < 1.29 is 9.53 Å². The monoisotopic (exact) mass is 330 g/mol.